The van der Waals surface area contributed by atoms with Gasteiger partial charge in [-0.15, -0.1) is 0 Å². The number of esters is 3. The Kier molecular flexibility index (Phi) is 7.36. The molecule has 6 heteroatoms. The van der Waals surface area contributed by atoms with E-state index in [1.54, 1.807) is 12.2 Å². The second-order valence-corrected chi connectivity index (χ2v) is 5.01. The number of rotatable bonds is 7. The first-order chi connectivity index (χ1) is 10.4. The summed E-state index contributed by atoms with van der Waals surface area (Å²) in [6, 6.07) is 0. The van der Waals surface area contributed by atoms with Crippen LogP contribution in [-0.2, 0) is 28.6 Å². The molecule has 0 fully saturated rings. The van der Waals surface area contributed by atoms with E-state index in [1.807, 2.05) is 6.92 Å². The lowest BCUT2D eigenvalue weighted by molar-refractivity contribution is -0.158. The van der Waals surface area contributed by atoms with Gasteiger partial charge in [0.2, 0.25) is 0 Å². The summed E-state index contributed by atoms with van der Waals surface area (Å²) in [4.78, 5) is 33.5. The average Bonchev–Trinajstić information content (AvgIpc) is 2.43. The van der Waals surface area contributed by atoms with Crippen LogP contribution < -0.4 is 0 Å². The van der Waals surface area contributed by atoms with Crippen LogP contribution in [0.15, 0.2) is 24.3 Å². The lowest BCUT2D eigenvalue weighted by Gasteiger charge is -2.25. The highest BCUT2D eigenvalue weighted by atomic mass is 16.6. The minimum absolute atomic E-state index is 0.372. The molecule has 0 bridgehead atoms. The van der Waals surface area contributed by atoms with Crippen molar-refractivity contribution in [3.8, 4) is 0 Å². The van der Waals surface area contributed by atoms with Crippen LogP contribution in [0, 0.1) is 0 Å². The summed E-state index contributed by atoms with van der Waals surface area (Å²) in [5.74, 6) is -1.34. The zero-order chi connectivity index (χ0) is 16.5. The van der Waals surface area contributed by atoms with E-state index < -0.39 is 24.1 Å². The molecule has 0 aromatic rings. The maximum absolute atomic E-state index is 11.3. The molecule has 0 aliphatic carbocycles. The molecule has 22 heavy (non-hydrogen) atoms. The summed E-state index contributed by atoms with van der Waals surface area (Å²) >= 11 is 0. The second-order valence-electron chi connectivity index (χ2n) is 5.01. The van der Waals surface area contributed by atoms with Crippen molar-refractivity contribution in [2.45, 2.75) is 58.3 Å². The highest BCUT2D eigenvalue weighted by Crippen LogP contribution is 2.16. The third-order valence-corrected chi connectivity index (χ3v) is 2.98. The van der Waals surface area contributed by atoms with Crippen LogP contribution in [-0.4, -0.2) is 36.2 Å². The van der Waals surface area contributed by atoms with E-state index in [9.17, 15) is 14.4 Å². The zero-order valence-corrected chi connectivity index (χ0v) is 13.1. The molecule has 1 aliphatic rings. The van der Waals surface area contributed by atoms with E-state index in [-0.39, 0.29) is 12.1 Å². The Labute approximate surface area is 130 Å². The summed E-state index contributed by atoms with van der Waals surface area (Å²) in [7, 11) is 0. The van der Waals surface area contributed by atoms with Crippen molar-refractivity contribution in [2.75, 3.05) is 0 Å². The fourth-order valence-electron chi connectivity index (χ4n) is 2.02. The Balaban J connectivity index is 2.75. The highest BCUT2D eigenvalue weighted by molar-refractivity contribution is 5.83. The Morgan fingerprint density at radius 3 is 2.68 bits per heavy atom. The predicted octanol–water partition coefficient (Wildman–Crippen LogP) is 2.08. The topological polar surface area (TPSA) is 78.9 Å². The molecule has 3 atom stereocenters. The summed E-state index contributed by atoms with van der Waals surface area (Å²) in [6.45, 7) is 4.67. The molecule has 0 amide bonds. The third kappa shape index (κ3) is 6.56. The van der Waals surface area contributed by atoms with Crippen LogP contribution >= 0.6 is 0 Å². The van der Waals surface area contributed by atoms with Crippen LogP contribution in [0.3, 0.4) is 0 Å². The summed E-state index contributed by atoms with van der Waals surface area (Å²) in [6.07, 6.45) is 6.75. The van der Waals surface area contributed by atoms with Gasteiger partial charge in [-0.25, -0.2) is 4.79 Å². The lowest BCUT2D eigenvalue weighted by Crippen LogP contribution is -2.35. The number of carbonyl (C=O) groups is 3. The molecule has 0 N–H and O–H groups in total. The molecule has 122 valence electrons. The molecule has 0 saturated heterocycles. The van der Waals surface area contributed by atoms with Crippen molar-refractivity contribution >= 4 is 17.9 Å². The minimum Gasteiger partial charge on any atom is -0.458 e. The van der Waals surface area contributed by atoms with Crippen molar-refractivity contribution in [1.82, 2.24) is 0 Å². The first kappa shape index (κ1) is 17.9. The van der Waals surface area contributed by atoms with E-state index in [0.29, 0.717) is 6.42 Å². The van der Waals surface area contributed by atoms with Gasteiger partial charge in [-0.1, -0.05) is 13.3 Å². The van der Waals surface area contributed by atoms with Gasteiger partial charge in [-0.3, -0.25) is 9.59 Å². The van der Waals surface area contributed by atoms with E-state index >= 15 is 0 Å². The van der Waals surface area contributed by atoms with Crippen LogP contribution in [0.5, 0.6) is 0 Å². The number of hydrogen-bond donors (Lipinski definition) is 0. The number of cyclic esters (lactones) is 1. The van der Waals surface area contributed by atoms with Crippen LogP contribution in [0.1, 0.15) is 40.0 Å². The van der Waals surface area contributed by atoms with Gasteiger partial charge in [0.15, 0.2) is 12.2 Å². The van der Waals surface area contributed by atoms with Crippen molar-refractivity contribution in [2.24, 2.45) is 0 Å². The van der Waals surface area contributed by atoms with E-state index in [2.05, 4.69) is 0 Å². The van der Waals surface area contributed by atoms with Gasteiger partial charge in [0.25, 0.3) is 0 Å². The Hall–Kier alpha value is -2.11. The molecule has 0 aromatic heterocycles. The Morgan fingerprint density at radius 2 is 2.09 bits per heavy atom. The molecule has 0 spiro atoms. The van der Waals surface area contributed by atoms with Crippen molar-refractivity contribution in [3.63, 3.8) is 0 Å². The molecule has 0 radical (unpaired) electrons. The van der Waals surface area contributed by atoms with Gasteiger partial charge in [0.1, 0.15) is 6.10 Å². The van der Waals surface area contributed by atoms with Gasteiger partial charge in [0, 0.05) is 19.9 Å². The standard InChI is InChI=1S/C16H22O6/c1-4-5-6-13(20-11(2)17)7-8-15-14(21-12(3)18)9-10-16(19)22-15/h7-10,13-15H,4-6H2,1-3H3/t13-,14-,15-/m0/s1. The molecular weight excluding hydrogens is 288 g/mol. The van der Waals surface area contributed by atoms with Crippen LogP contribution in [0.4, 0.5) is 0 Å². The molecular formula is C16H22O6. The Morgan fingerprint density at radius 1 is 1.36 bits per heavy atom. The fraction of sp³-hybridized carbons (Fsp3) is 0.562. The largest absolute Gasteiger partial charge is 0.458 e. The van der Waals surface area contributed by atoms with Gasteiger partial charge in [-0.05, 0) is 31.1 Å². The number of ether oxygens (including phenoxy) is 3. The minimum atomic E-state index is -0.721. The van der Waals surface area contributed by atoms with Crippen molar-refractivity contribution in [1.29, 1.82) is 0 Å². The molecule has 1 rings (SSSR count). The van der Waals surface area contributed by atoms with E-state index in [1.165, 1.54) is 26.0 Å². The molecule has 6 nitrogen and oxygen atoms in total. The number of hydrogen-bond acceptors (Lipinski definition) is 6. The van der Waals surface area contributed by atoms with Crippen LogP contribution in [0.2, 0.25) is 0 Å². The first-order valence-corrected chi connectivity index (χ1v) is 7.34. The van der Waals surface area contributed by atoms with Gasteiger partial charge < -0.3 is 14.2 Å². The normalized spacial score (nSPS) is 22.2. The molecule has 1 aliphatic heterocycles. The van der Waals surface area contributed by atoms with Gasteiger partial charge in [0.05, 0.1) is 0 Å². The number of carbonyl (C=O) groups excluding carboxylic acids is 3. The molecule has 0 saturated carbocycles. The fourth-order valence-corrected chi connectivity index (χ4v) is 2.02. The molecule has 0 unspecified atom stereocenters. The lowest BCUT2D eigenvalue weighted by atomic mass is 10.1. The summed E-state index contributed by atoms with van der Waals surface area (Å²) in [5, 5.41) is 0. The Bertz CT molecular complexity index is 465. The highest BCUT2D eigenvalue weighted by Gasteiger charge is 2.27. The predicted molar refractivity (Wildman–Crippen MR) is 78.8 cm³/mol. The maximum atomic E-state index is 11.3. The molecule has 0 aromatic carbocycles. The van der Waals surface area contributed by atoms with Crippen LogP contribution in [0.25, 0.3) is 0 Å². The number of unbranched alkanes of at least 4 members (excludes halogenated alkanes) is 1. The SMILES string of the molecule is CCCC[C@@H](C=C[C@@H]1OC(=O)C=C[C@@H]1OC(C)=O)OC(C)=O. The van der Waals surface area contributed by atoms with Gasteiger partial charge in [-0.2, -0.15) is 0 Å². The van der Waals surface area contributed by atoms with Crippen molar-refractivity contribution < 1.29 is 28.6 Å². The quantitative estimate of drug-likeness (QED) is 0.407. The van der Waals surface area contributed by atoms with Crippen molar-refractivity contribution in [3.05, 3.63) is 24.3 Å². The summed E-state index contributed by atoms with van der Waals surface area (Å²) in [5.41, 5.74) is 0. The maximum Gasteiger partial charge on any atom is 0.331 e. The van der Waals surface area contributed by atoms with E-state index in [4.69, 9.17) is 14.2 Å². The average molecular weight is 310 g/mol. The molecule has 1 heterocycles. The zero-order valence-electron chi connectivity index (χ0n) is 13.1. The second kappa shape index (κ2) is 9.02. The monoisotopic (exact) mass is 310 g/mol. The summed E-state index contributed by atoms with van der Waals surface area (Å²) < 4.78 is 15.4. The smallest absolute Gasteiger partial charge is 0.331 e. The third-order valence-electron chi connectivity index (χ3n) is 2.98. The van der Waals surface area contributed by atoms with E-state index in [0.717, 1.165) is 12.8 Å². The van der Waals surface area contributed by atoms with Gasteiger partial charge >= 0.3 is 17.9 Å². The first-order valence-electron chi connectivity index (χ1n) is 7.34.